The van der Waals surface area contributed by atoms with E-state index in [4.69, 9.17) is 14.2 Å². The number of amides is 1. The van der Waals surface area contributed by atoms with Crippen molar-refractivity contribution in [2.24, 2.45) is 0 Å². The maximum absolute atomic E-state index is 11.8. The number of thiophene rings is 1. The molecule has 0 aliphatic heterocycles. The lowest BCUT2D eigenvalue weighted by atomic mass is 10.2. The molecule has 0 radical (unpaired) electrons. The van der Waals surface area contributed by atoms with E-state index in [0.29, 0.717) is 23.6 Å². The predicted octanol–water partition coefficient (Wildman–Crippen LogP) is 2.88. The van der Waals surface area contributed by atoms with Crippen molar-refractivity contribution < 1.29 is 23.8 Å². The third kappa shape index (κ3) is 5.27. The predicted molar refractivity (Wildman–Crippen MR) is 91.8 cm³/mol. The van der Waals surface area contributed by atoms with E-state index >= 15 is 0 Å². The Kier molecular flexibility index (Phi) is 6.62. The number of benzene rings is 1. The molecule has 1 aromatic carbocycles. The highest BCUT2D eigenvalue weighted by Crippen LogP contribution is 2.29. The molecule has 1 heterocycles. The molecule has 0 unspecified atom stereocenters. The maximum Gasteiger partial charge on any atom is 0.306 e. The standard InChI is InChI=1S/C17H19NO5S/c1-21-14-5-4-13(9-15(14)22-2)18-16(19)10-23-17(20)6-3-12-7-8-24-11-12/h4-5,7-9,11H,3,6,10H2,1-2H3,(H,18,19). The summed E-state index contributed by atoms with van der Waals surface area (Å²) in [6.07, 6.45) is 0.861. The topological polar surface area (TPSA) is 73.9 Å². The number of hydrogen-bond donors (Lipinski definition) is 1. The van der Waals surface area contributed by atoms with Crippen molar-refractivity contribution in [1.82, 2.24) is 0 Å². The van der Waals surface area contributed by atoms with Crippen molar-refractivity contribution >= 4 is 28.9 Å². The van der Waals surface area contributed by atoms with Crippen molar-refractivity contribution in [3.05, 3.63) is 40.6 Å². The summed E-state index contributed by atoms with van der Waals surface area (Å²) in [5.74, 6) is 0.258. The molecular weight excluding hydrogens is 330 g/mol. The lowest BCUT2D eigenvalue weighted by Crippen LogP contribution is -2.21. The fraction of sp³-hybridized carbons (Fsp3) is 0.294. The van der Waals surface area contributed by atoms with Gasteiger partial charge in [-0.3, -0.25) is 9.59 Å². The minimum absolute atomic E-state index is 0.250. The first-order valence-electron chi connectivity index (χ1n) is 7.31. The molecule has 2 aromatic rings. The first kappa shape index (κ1) is 17.8. The number of methoxy groups -OCH3 is 2. The van der Waals surface area contributed by atoms with Gasteiger partial charge in [0.25, 0.3) is 5.91 Å². The zero-order valence-electron chi connectivity index (χ0n) is 13.5. The minimum atomic E-state index is -0.411. The molecule has 1 aromatic heterocycles. The van der Waals surface area contributed by atoms with Gasteiger partial charge in [0.1, 0.15) is 0 Å². The molecule has 0 fully saturated rings. The number of carbonyl (C=O) groups excluding carboxylic acids is 2. The summed E-state index contributed by atoms with van der Waals surface area (Å²) in [5.41, 5.74) is 1.62. The highest BCUT2D eigenvalue weighted by Gasteiger charge is 2.10. The summed E-state index contributed by atoms with van der Waals surface area (Å²) in [4.78, 5) is 23.5. The van der Waals surface area contributed by atoms with Gasteiger partial charge >= 0.3 is 5.97 Å². The number of ether oxygens (including phenoxy) is 3. The van der Waals surface area contributed by atoms with Crippen molar-refractivity contribution in [3.63, 3.8) is 0 Å². The fourth-order valence-corrected chi connectivity index (χ4v) is 2.71. The number of aryl methyl sites for hydroxylation is 1. The summed E-state index contributed by atoms with van der Waals surface area (Å²) < 4.78 is 15.3. The number of rotatable bonds is 8. The second-order valence-corrected chi connectivity index (χ2v) is 5.69. The van der Waals surface area contributed by atoms with Gasteiger partial charge in [-0.25, -0.2) is 0 Å². The second kappa shape index (κ2) is 8.93. The van der Waals surface area contributed by atoms with Gasteiger partial charge in [-0.05, 0) is 40.9 Å². The van der Waals surface area contributed by atoms with Gasteiger partial charge in [-0.2, -0.15) is 11.3 Å². The largest absolute Gasteiger partial charge is 0.493 e. The number of anilines is 1. The van der Waals surface area contributed by atoms with Gasteiger partial charge < -0.3 is 19.5 Å². The summed E-state index contributed by atoms with van der Waals surface area (Å²) in [6.45, 7) is -0.323. The van der Waals surface area contributed by atoms with Gasteiger partial charge in [0.05, 0.1) is 14.2 Å². The first-order chi connectivity index (χ1) is 11.6. The van der Waals surface area contributed by atoms with Crippen LogP contribution in [0.4, 0.5) is 5.69 Å². The van der Waals surface area contributed by atoms with Crippen LogP contribution in [0.3, 0.4) is 0 Å². The average molecular weight is 349 g/mol. The van der Waals surface area contributed by atoms with E-state index in [9.17, 15) is 9.59 Å². The van der Waals surface area contributed by atoms with Crippen LogP contribution >= 0.6 is 11.3 Å². The molecule has 0 atom stereocenters. The van der Waals surface area contributed by atoms with Crippen LogP contribution in [0.25, 0.3) is 0 Å². The number of hydrogen-bond acceptors (Lipinski definition) is 6. The number of esters is 1. The molecule has 7 heteroatoms. The van der Waals surface area contributed by atoms with Crippen LogP contribution in [-0.4, -0.2) is 32.7 Å². The van der Waals surface area contributed by atoms with Crippen LogP contribution in [0.1, 0.15) is 12.0 Å². The third-order valence-corrected chi connectivity index (χ3v) is 3.96. The Bertz CT molecular complexity index is 684. The highest BCUT2D eigenvalue weighted by molar-refractivity contribution is 7.07. The molecule has 0 bridgehead atoms. The lowest BCUT2D eigenvalue weighted by Gasteiger charge is -2.10. The van der Waals surface area contributed by atoms with Crippen LogP contribution < -0.4 is 14.8 Å². The SMILES string of the molecule is COc1ccc(NC(=O)COC(=O)CCc2ccsc2)cc1OC. The Morgan fingerprint density at radius 3 is 2.58 bits per heavy atom. The molecule has 1 amide bonds. The lowest BCUT2D eigenvalue weighted by molar-refractivity contribution is -0.147. The summed E-state index contributed by atoms with van der Waals surface area (Å²) in [5, 5.41) is 6.58. The van der Waals surface area contributed by atoms with Gasteiger partial charge in [-0.15, -0.1) is 0 Å². The average Bonchev–Trinajstić information content (AvgIpc) is 3.11. The van der Waals surface area contributed by atoms with Crippen molar-refractivity contribution in [1.29, 1.82) is 0 Å². The second-order valence-electron chi connectivity index (χ2n) is 4.91. The zero-order valence-corrected chi connectivity index (χ0v) is 14.4. The Labute approximate surface area is 144 Å². The molecule has 2 rings (SSSR count). The number of carbonyl (C=O) groups is 2. The van der Waals surface area contributed by atoms with E-state index < -0.39 is 11.9 Å². The van der Waals surface area contributed by atoms with Crippen LogP contribution in [0.5, 0.6) is 11.5 Å². The zero-order chi connectivity index (χ0) is 17.4. The Morgan fingerprint density at radius 1 is 1.12 bits per heavy atom. The van der Waals surface area contributed by atoms with Crippen LogP contribution in [0, 0.1) is 0 Å². The van der Waals surface area contributed by atoms with Crippen LogP contribution in [0.2, 0.25) is 0 Å². The maximum atomic E-state index is 11.8. The third-order valence-electron chi connectivity index (χ3n) is 3.23. The van der Waals surface area contributed by atoms with E-state index in [-0.39, 0.29) is 13.0 Å². The Balaban J connectivity index is 1.77. The van der Waals surface area contributed by atoms with E-state index in [0.717, 1.165) is 5.56 Å². The van der Waals surface area contributed by atoms with Crippen LogP contribution in [-0.2, 0) is 20.7 Å². The normalized spacial score (nSPS) is 10.1. The molecule has 128 valence electrons. The minimum Gasteiger partial charge on any atom is -0.493 e. The molecular formula is C17H19NO5S. The quantitative estimate of drug-likeness (QED) is 0.742. The summed E-state index contributed by atoms with van der Waals surface area (Å²) in [7, 11) is 3.05. The van der Waals surface area contributed by atoms with E-state index in [1.54, 1.807) is 29.5 Å². The Morgan fingerprint density at radius 2 is 1.92 bits per heavy atom. The summed E-state index contributed by atoms with van der Waals surface area (Å²) >= 11 is 1.58. The van der Waals surface area contributed by atoms with E-state index in [1.165, 1.54) is 14.2 Å². The van der Waals surface area contributed by atoms with Gasteiger partial charge in [0.15, 0.2) is 18.1 Å². The molecule has 1 N–H and O–H groups in total. The molecule has 0 spiro atoms. The molecule has 0 saturated heterocycles. The molecule has 0 aliphatic rings. The highest BCUT2D eigenvalue weighted by atomic mass is 32.1. The molecule has 0 aliphatic carbocycles. The number of nitrogens with one attached hydrogen (secondary N) is 1. The monoisotopic (exact) mass is 349 g/mol. The molecule has 24 heavy (non-hydrogen) atoms. The van der Waals surface area contributed by atoms with Gasteiger partial charge in [-0.1, -0.05) is 0 Å². The van der Waals surface area contributed by atoms with Crippen molar-refractivity contribution in [3.8, 4) is 11.5 Å². The van der Waals surface area contributed by atoms with E-state index in [1.807, 2.05) is 16.8 Å². The van der Waals surface area contributed by atoms with Crippen molar-refractivity contribution in [2.75, 3.05) is 26.1 Å². The smallest absolute Gasteiger partial charge is 0.306 e. The summed E-state index contributed by atoms with van der Waals surface area (Å²) in [6, 6.07) is 6.95. The van der Waals surface area contributed by atoms with Crippen molar-refractivity contribution in [2.45, 2.75) is 12.8 Å². The van der Waals surface area contributed by atoms with Crippen LogP contribution in [0.15, 0.2) is 35.0 Å². The fourth-order valence-electron chi connectivity index (χ4n) is 2.01. The van der Waals surface area contributed by atoms with Gasteiger partial charge in [0, 0.05) is 18.2 Å². The molecule has 6 nitrogen and oxygen atoms in total. The van der Waals surface area contributed by atoms with Gasteiger partial charge in [0.2, 0.25) is 0 Å². The Hall–Kier alpha value is -2.54. The first-order valence-corrected chi connectivity index (χ1v) is 8.25. The van der Waals surface area contributed by atoms with E-state index in [2.05, 4.69) is 5.32 Å². The molecule has 0 saturated carbocycles.